The van der Waals surface area contributed by atoms with Crippen molar-refractivity contribution in [3.8, 4) is 0 Å². The van der Waals surface area contributed by atoms with Crippen molar-refractivity contribution in [1.29, 1.82) is 0 Å². The van der Waals surface area contributed by atoms with Crippen LogP contribution >= 0.6 is 12.6 Å². The summed E-state index contributed by atoms with van der Waals surface area (Å²) in [5, 5.41) is 3.22. The van der Waals surface area contributed by atoms with Gasteiger partial charge in [-0.1, -0.05) is 25.5 Å². The van der Waals surface area contributed by atoms with Gasteiger partial charge >= 0.3 is 0 Å². The van der Waals surface area contributed by atoms with Crippen LogP contribution in [0.1, 0.15) is 30.1 Å². The summed E-state index contributed by atoms with van der Waals surface area (Å²) in [4.78, 5) is 13.9. The summed E-state index contributed by atoms with van der Waals surface area (Å²) in [6, 6.07) is 7.56. The number of fused-ring (bicyclic) bond motifs is 1. The van der Waals surface area contributed by atoms with E-state index in [1.807, 2.05) is 24.3 Å². The first-order valence-electron chi connectivity index (χ1n) is 5.58. The van der Waals surface area contributed by atoms with Crippen LogP contribution in [0.5, 0.6) is 0 Å². The molecule has 1 aliphatic rings. The number of nitrogens with one attached hydrogen (secondary N) is 1. The van der Waals surface area contributed by atoms with Gasteiger partial charge in [-0.15, -0.1) is 12.6 Å². The van der Waals surface area contributed by atoms with Gasteiger partial charge in [0.05, 0.1) is 5.56 Å². The number of para-hydroxylation sites is 1. The molecule has 1 heterocycles. The normalized spacial score (nSPS) is 19.2. The second-order valence-corrected chi connectivity index (χ2v) is 4.40. The average molecular weight is 236 g/mol. The molecule has 3 nitrogen and oxygen atoms in total. The number of unbranched alkanes of at least 4 members (excludes halogenated alkanes) is 1. The van der Waals surface area contributed by atoms with E-state index in [2.05, 4.69) is 24.9 Å². The lowest BCUT2D eigenvalue weighted by Crippen LogP contribution is -2.46. The first-order chi connectivity index (χ1) is 7.74. The molecule has 1 atom stereocenters. The summed E-state index contributed by atoms with van der Waals surface area (Å²) in [6.07, 6.45) is 2.08. The minimum absolute atomic E-state index is 0.0720. The van der Waals surface area contributed by atoms with Gasteiger partial charge in [0.15, 0.2) is 0 Å². The van der Waals surface area contributed by atoms with E-state index in [-0.39, 0.29) is 11.4 Å². The largest absolute Gasteiger partial charge is 0.356 e. The molecule has 86 valence electrons. The highest BCUT2D eigenvalue weighted by Crippen LogP contribution is 2.26. The van der Waals surface area contributed by atoms with Gasteiger partial charge in [0.1, 0.15) is 5.50 Å². The maximum atomic E-state index is 12.2. The third-order valence-corrected chi connectivity index (χ3v) is 3.16. The van der Waals surface area contributed by atoms with Crippen molar-refractivity contribution >= 4 is 24.2 Å². The van der Waals surface area contributed by atoms with Crippen molar-refractivity contribution in [1.82, 2.24) is 4.90 Å². The van der Waals surface area contributed by atoms with E-state index < -0.39 is 0 Å². The maximum Gasteiger partial charge on any atom is 0.258 e. The van der Waals surface area contributed by atoms with Crippen LogP contribution in [0, 0.1) is 0 Å². The number of hydrogen-bond donors (Lipinski definition) is 2. The zero-order valence-corrected chi connectivity index (χ0v) is 10.2. The molecule has 0 aliphatic carbocycles. The Hall–Kier alpha value is -1.16. The van der Waals surface area contributed by atoms with Gasteiger partial charge in [-0.3, -0.25) is 4.79 Å². The quantitative estimate of drug-likeness (QED) is 0.791. The fraction of sp³-hybridized carbons (Fsp3) is 0.417. The second kappa shape index (κ2) is 4.78. The molecule has 1 aromatic rings. The lowest BCUT2D eigenvalue weighted by atomic mass is 10.1. The number of anilines is 1. The van der Waals surface area contributed by atoms with E-state index in [4.69, 9.17) is 0 Å². The van der Waals surface area contributed by atoms with Crippen molar-refractivity contribution in [2.24, 2.45) is 0 Å². The third kappa shape index (κ3) is 2.02. The number of carbonyl (C=O) groups is 1. The fourth-order valence-electron chi connectivity index (χ4n) is 1.83. The van der Waals surface area contributed by atoms with Gasteiger partial charge in [0.2, 0.25) is 0 Å². The summed E-state index contributed by atoms with van der Waals surface area (Å²) in [5.41, 5.74) is 1.40. The van der Waals surface area contributed by atoms with Crippen LogP contribution in [0.4, 0.5) is 5.69 Å². The predicted octanol–water partition coefficient (Wildman–Crippen LogP) is 2.57. The van der Waals surface area contributed by atoms with Crippen LogP contribution in [0.3, 0.4) is 0 Å². The van der Waals surface area contributed by atoms with Crippen LogP contribution < -0.4 is 5.32 Å². The molecule has 4 heteroatoms. The average Bonchev–Trinajstić information content (AvgIpc) is 2.29. The summed E-state index contributed by atoms with van der Waals surface area (Å²) < 4.78 is 0. The van der Waals surface area contributed by atoms with E-state index in [1.54, 1.807) is 4.90 Å². The van der Waals surface area contributed by atoms with Gasteiger partial charge in [-0.05, 0) is 18.6 Å². The molecular formula is C12H16N2OS. The second-order valence-electron chi connectivity index (χ2n) is 3.92. The van der Waals surface area contributed by atoms with Crippen LogP contribution in [0.25, 0.3) is 0 Å². The summed E-state index contributed by atoms with van der Waals surface area (Å²) in [7, 11) is 0. The van der Waals surface area contributed by atoms with Crippen molar-refractivity contribution in [2.75, 3.05) is 11.9 Å². The number of amides is 1. The lowest BCUT2D eigenvalue weighted by Gasteiger charge is -2.35. The number of thiol groups is 1. The van der Waals surface area contributed by atoms with Gasteiger partial charge in [0, 0.05) is 12.2 Å². The van der Waals surface area contributed by atoms with Crippen molar-refractivity contribution in [3.63, 3.8) is 0 Å². The Morgan fingerprint density at radius 1 is 1.44 bits per heavy atom. The molecule has 1 aromatic carbocycles. The fourth-order valence-corrected chi connectivity index (χ4v) is 2.19. The Morgan fingerprint density at radius 3 is 2.94 bits per heavy atom. The first-order valence-corrected chi connectivity index (χ1v) is 6.10. The third-order valence-electron chi connectivity index (χ3n) is 2.75. The topological polar surface area (TPSA) is 32.3 Å². The number of nitrogens with zero attached hydrogens (tertiary/aromatic N) is 1. The first kappa shape index (κ1) is 11.3. The van der Waals surface area contributed by atoms with Crippen molar-refractivity contribution < 1.29 is 4.79 Å². The molecule has 1 amide bonds. The Kier molecular flexibility index (Phi) is 3.39. The van der Waals surface area contributed by atoms with Gasteiger partial charge < -0.3 is 10.2 Å². The highest BCUT2D eigenvalue weighted by Gasteiger charge is 2.28. The molecular weight excluding hydrogens is 220 g/mol. The number of benzene rings is 1. The van der Waals surface area contributed by atoms with Crippen LogP contribution in [-0.4, -0.2) is 22.8 Å². The molecule has 0 aromatic heterocycles. The number of rotatable bonds is 3. The minimum Gasteiger partial charge on any atom is -0.356 e. The molecule has 0 saturated carbocycles. The Bertz CT molecular complexity index is 394. The molecule has 1 N–H and O–H groups in total. The van der Waals surface area contributed by atoms with E-state index in [9.17, 15) is 4.79 Å². The molecule has 1 unspecified atom stereocenters. The van der Waals surface area contributed by atoms with E-state index in [1.165, 1.54) is 0 Å². The summed E-state index contributed by atoms with van der Waals surface area (Å²) >= 11 is 4.41. The van der Waals surface area contributed by atoms with Gasteiger partial charge in [-0.2, -0.15) is 0 Å². The maximum absolute atomic E-state index is 12.2. The molecule has 0 bridgehead atoms. The molecule has 1 aliphatic heterocycles. The number of hydrogen-bond acceptors (Lipinski definition) is 3. The van der Waals surface area contributed by atoms with E-state index in [0.29, 0.717) is 0 Å². The summed E-state index contributed by atoms with van der Waals surface area (Å²) in [5.74, 6) is 0.0720. The van der Waals surface area contributed by atoms with E-state index in [0.717, 1.165) is 30.6 Å². The lowest BCUT2D eigenvalue weighted by molar-refractivity contribution is 0.0739. The Labute approximate surface area is 101 Å². The molecule has 0 spiro atoms. The Balaban J connectivity index is 2.23. The smallest absolute Gasteiger partial charge is 0.258 e. The minimum atomic E-state index is -0.214. The molecule has 0 saturated heterocycles. The Morgan fingerprint density at radius 2 is 2.19 bits per heavy atom. The molecule has 16 heavy (non-hydrogen) atoms. The zero-order valence-electron chi connectivity index (χ0n) is 9.31. The summed E-state index contributed by atoms with van der Waals surface area (Å²) in [6.45, 7) is 2.87. The molecule has 0 radical (unpaired) electrons. The predicted molar refractivity (Wildman–Crippen MR) is 68.8 cm³/mol. The SMILES string of the molecule is CCCCN1C(=O)c2ccccc2NC1S. The van der Waals surface area contributed by atoms with Crippen LogP contribution in [0.2, 0.25) is 0 Å². The molecule has 0 fully saturated rings. The highest BCUT2D eigenvalue weighted by atomic mass is 32.1. The monoisotopic (exact) mass is 236 g/mol. The number of carbonyl (C=O) groups excluding carboxylic acids is 1. The van der Waals surface area contributed by atoms with Crippen molar-refractivity contribution in [3.05, 3.63) is 29.8 Å². The standard InChI is InChI=1S/C12H16N2OS/c1-2-3-8-14-11(15)9-6-4-5-7-10(9)13-12(14)16/h4-7,12-13,16H,2-3,8H2,1H3. The molecule has 2 rings (SSSR count). The van der Waals surface area contributed by atoms with E-state index >= 15 is 0 Å². The van der Waals surface area contributed by atoms with Gasteiger partial charge in [-0.25, -0.2) is 0 Å². The van der Waals surface area contributed by atoms with Crippen molar-refractivity contribution in [2.45, 2.75) is 25.3 Å². The van der Waals surface area contributed by atoms with Crippen LogP contribution in [-0.2, 0) is 0 Å². The van der Waals surface area contributed by atoms with Gasteiger partial charge in [0.25, 0.3) is 5.91 Å². The zero-order chi connectivity index (χ0) is 11.5. The van der Waals surface area contributed by atoms with Crippen LogP contribution in [0.15, 0.2) is 24.3 Å². The highest BCUT2D eigenvalue weighted by molar-refractivity contribution is 7.81.